The zero-order valence-electron chi connectivity index (χ0n) is 9.60. The number of hydrogen-bond acceptors (Lipinski definition) is 4. The van der Waals surface area contributed by atoms with Gasteiger partial charge in [0.1, 0.15) is 5.03 Å². The van der Waals surface area contributed by atoms with Crippen LogP contribution in [0.1, 0.15) is 18.2 Å². The van der Waals surface area contributed by atoms with Gasteiger partial charge in [0.05, 0.1) is 18.5 Å². The third kappa shape index (κ3) is 1.87. The van der Waals surface area contributed by atoms with E-state index in [9.17, 15) is 8.42 Å². The molecule has 0 bridgehead atoms. The third-order valence-electron chi connectivity index (χ3n) is 2.75. The second-order valence-electron chi connectivity index (χ2n) is 3.78. The number of aromatic nitrogens is 2. The Morgan fingerprint density at radius 3 is 2.62 bits per heavy atom. The van der Waals surface area contributed by atoms with E-state index in [1.54, 1.807) is 11.8 Å². The summed E-state index contributed by atoms with van der Waals surface area (Å²) in [7, 11) is -3.11. The minimum absolute atomic E-state index is 0.454. The van der Waals surface area contributed by atoms with E-state index in [-0.39, 0.29) is 0 Å². The molecule has 90 valence electrons. The van der Waals surface area contributed by atoms with Gasteiger partial charge >= 0.3 is 0 Å². The van der Waals surface area contributed by atoms with Crippen molar-refractivity contribution in [1.82, 2.24) is 14.1 Å². The van der Waals surface area contributed by atoms with E-state index in [1.807, 2.05) is 17.9 Å². The topological polar surface area (TPSA) is 55.2 Å². The van der Waals surface area contributed by atoms with Crippen LogP contribution in [0.3, 0.4) is 0 Å². The monoisotopic (exact) mass is 261 g/mol. The molecule has 0 unspecified atom stereocenters. The number of nitrogens with zero attached hydrogens (tertiary/aromatic N) is 3. The fraction of sp³-hybridized carbons (Fsp3) is 0.667. The lowest BCUT2D eigenvalue weighted by Crippen LogP contribution is -2.25. The highest BCUT2D eigenvalue weighted by atomic mass is 32.2. The first-order valence-corrected chi connectivity index (χ1v) is 8.12. The molecule has 0 atom stereocenters. The normalized spacial score (nSPS) is 16.7. The Bertz CT molecular complexity index is 479. The maximum Gasteiger partial charge on any atom is 0.211 e. The van der Waals surface area contributed by atoms with Gasteiger partial charge in [-0.2, -0.15) is 9.40 Å². The lowest BCUT2D eigenvalue weighted by atomic mass is 10.3. The standard InChI is InChI=1S/C9H15N3O2S2/c1-4-12-8-6-11(16(3,13)14)5-7(8)9(10-12)15-2/h4-6H2,1-3H3. The van der Waals surface area contributed by atoms with Crippen molar-refractivity contribution in [3.63, 3.8) is 0 Å². The molecule has 1 aliphatic rings. The maximum atomic E-state index is 11.5. The van der Waals surface area contributed by atoms with E-state index in [1.165, 1.54) is 10.6 Å². The summed E-state index contributed by atoms with van der Waals surface area (Å²) >= 11 is 1.57. The Balaban J connectivity index is 2.40. The van der Waals surface area contributed by atoms with Crippen molar-refractivity contribution in [1.29, 1.82) is 0 Å². The first kappa shape index (κ1) is 11.9. The van der Waals surface area contributed by atoms with Crippen molar-refractivity contribution in [3.05, 3.63) is 11.3 Å². The Kier molecular flexibility index (Phi) is 3.02. The molecule has 1 aliphatic heterocycles. The molecule has 2 rings (SSSR count). The number of hydrogen-bond donors (Lipinski definition) is 0. The van der Waals surface area contributed by atoms with E-state index in [4.69, 9.17) is 0 Å². The molecule has 0 aromatic carbocycles. The van der Waals surface area contributed by atoms with Crippen LogP contribution in [0.15, 0.2) is 5.03 Å². The van der Waals surface area contributed by atoms with Gasteiger partial charge in [0, 0.05) is 18.7 Å². The van der Waals surface area contributed by atoms with Gasteiger partial charge in [0.15, 0.2) is 0 Å². The summed E-state index contributed by atoms with van der Waals surface area (Å²) in [6.07, 6.45) is 3.22. The summed E-state index contributed by atoms with van der Waals surface area (Å²) in [6.45, 7) is 3.71. The summed E-state index contributed by atoms with van der Waals surface area (Å²) in [4.78, 5) is 0. The summed E-state index contributed by atoms with van der Waals surface area (Å²) in [6, 6.07) is 0. The van der Waals surface area contributed by atoms with Crippen LogP contribution in [0.5, 0.6) is 0 Å². The van der Waals surface area contributed by atoms with Gasteiger partial charge in [0.2, 0.25) is 10.0 Å². The van der Waals surface area contributed by atoms with Crippen LogP contribution in [0, 0.1) is 0 Å². The van der Waals surface area contributed by atoms with Crippen molar-refractivity contribution in [3.8, 4) is 0 Å². The largest absolute Gasteiger partial charge is 0.267 e. The Morgan fingerprint density at radius 1 is 1.44 bits per heavy atom. The molecule has 1 aromatic heterocycles. The lowest BCUT2D eigenvalue weighted by Gasteiger charge is -2.12. The van der Waals surface area contributed by atoms with Crippen molar-refractivity contribution < 1.29 is 8.42 Å². The highest BCUT2D eigenvalue weighted by Crippen LogP contribution is 2.31. The molecule has 0 aliphatic carbocycles. The zero-order chi connectivity index (χ0) is 11.9. The molecule has 0 N–H and O–H groups in total. The fourth-order valence-corrected chi connectivity index (χ4v) is 3.23. The van der Waals surface area contributed by atoms with Gasteiger partial charge < -0.3 is 0 Å². The summed E-state index contributed by atoms with van der Waals surface area (Å²) in [5.41, 5.74) is 2.11. The van der Waals surface area contributed by atoms with Crippen LogP contribution in [-0.4, -0.2) is 35.0 Å². The molecule has 16 heavy (non-hydrogen) atoms. The highest BCUT2D eigenvalue weighted by Gasteiger charge is 2.31. The van der Waals surface area contributed by atoms with Crippen LogP contribution in [-0.2, 0) is 29.7 Å². The average molecular weight is 261 g/mol. The predicted octanol–water partition coefficient (Wildman–Crippen LogP) is 0.900. The fourth-order valence-electron chi connectivity index (χ4n) is 1.90. The van der Waals surface area contributed by atoms with Crippen molar-refractivity contribution in [2.24, 2.45) is 0 Å². The van der Waals surface area contributed by atoms with Crippen LogP contribution < -0.4 is 0 Å². The molecule has 0 amide bonds. The van der Waals surface area contributed by atoms with E-state index < -0.39 is 10.0 Å². The average Bonchev–Trinajstić information content (AvgIpc) is 2.73. The van der Waals surface area contributed by atoms with Crippen LogP contribution in [0.2, 0.25) is 0 Å². The number of thioether (sulfide) groups is 1. The molecular formula is C9H15N3O2S2. The molecule has 0 saturated heterocycles. The SMILES string of the molecule is CCn1nc(SC)c2c1CN(S(C)(=O)=O)C2. The Hall–Kier alpha value is -0.530. The summed E-state index contributed by atoms with van der Waals surface area (Å²) in [5, 5.41) is 5.39. The number of fused-ring (bicyclic) bond motifs is 1. The van der Waals surface area contributed by atoms with E-state index in [0.29, 0.717) is 13.1 Å². The van der Waals surface area contributed by atoms with Crippen LogP contribution in [0.25, 0.3) is 0 Å². The van der Waals surface area contributed by atoms with Crippen molar-refractivity contribution in [2.75, 3.05) is 12.5 Å². The quantitative estimate of drug-likeness (QED) is 0.759. The minimum atomic E-state index is -3.11. The molecular weight excluding hydrogens is 246 g/mol. The molecule has 5 nitrogen and oxygen atoms in total. The minimum Gasteiger partial charge on any atom is -0.267 e. The molecule has 0 fully saturated rings. The van der Waals surface area contributed by atoms with E-state index >= 15 is 0 Å². The Labute approximate surface area is 99.9 Å². The molecule has 7 heteroatoms. The first-order chi connectivity index (χ1) is 7.47. The van der Waals surface area contributed by atoms with Gasteiger partial charge in [0.25, 0.3) is 0 Å². The lowest BCUT2D eigenvalue weighted by molar-refractivity contribution is 0.419. The van der Waals surface area contributed by atoms with Gasteiger partial charge in [-0.25, -0.2) is 8.42 Å². The van der Waals surface area contributed by atoms with Gasteiger partial charge in [-0.1, -0.05) is 0 Å². The molecule has 1 aromatic rings. The van der Waals surface area contributed by atoms with Gasteiger partial charge in [-0.3, -0.25) is 4.68 Å². The summed E-state index contributed by atoms with van der Waals surface area (Å²) in [5.74, 6) is 0. The van der Waals surface area contributed by atoms with E-state index in [2.05, 4.69) is 5.10 Å². The second-order valence-corrected chi connectivity index (χ2v) is 6.56. The molecule has 2 heterocycles. The second kappa shape index (κ2) is 4.05. The molecule has 0 radical (unpaired) electrons. The number of aryl methyl sites for hydroxylation is 1. The summed E-state index contributed by atoms with van der Waals surface area (Å²) < 4.78 is 26.4. The van der Waals surface area contributed by atoms with Crippen LogP contribution in [0.4, 0.5) is 0 Å². The third-order valence-corrected chi connectivity index (χ3v) is 4.66. The molecule has 0 saturated carbocycles. The number of rotatable bonds is 3. The molecule has 0 spiro atoms. The van der Waals surface area contributed by atoms with Crippen molar-refractivity contribution in [2.45, 2.75) is 31.6 Å². The smallest absolute Gasteiger partial charge is 0.211 e. The zero-order valence-corrected chi connectivity index (χ0v) is 11.2. The maximum absolute atomic E-state index is 11.5. The van der Waals surface area contributed by atoms with Crippen LogP contribution >= 0.6 is 11.8 Å². The van der Waals surface area contributed by atoms with Gasteiger partial charge in [-0.05, 0) is 13.2 Å². The first-order valence-electron chi connectivity index (χ1n) is 5.05. The van der Waals surface area contributed by atoms with Gasteiger partial charge in [-0.15, -0.1) is 11.8 Å². The Morgan fingerprint density at radius 2 is 2.12 bits per heavy atom. The number of sulfonamides is 1. The van der Waals surface area contributed by atoms with Crippen molar-refractivity contribution >= 4 is 21.8 Å². The van der Waals surface area contributed by atoms with E-state index in [0.717, 1.165) is 22.8 Å². The predicted molar refractivity (Wildman–Crippen MR) is 63.8 cm³/mol. The highest BCUT2D eigenvalue weighted by molar-refractivity contribution is 7.98.